The molecule has 0 aliphatic carbocycles. The van der Waals surface area contributed by atoms with Crippen LogP contribution in [0, 0.1) is 13.8 Å². The van der Waals surface area contributed by atoms with E-state index in [9.17, 15) is 0 Å². The van der Waals surface area contributed by atoms with E-state index in [1.54, 1.807) is 0 Å². The molecule has 0 saturated carbocycles. The number of unbranched alkanes of at least 4 members (excludes halogenated alkanes) is 1. The first-order valence-electron chi connectivity index (χ1n) is 7.03. The molecule has 1 atom stereocenters. The molecule has 19 heavy (non-hydrogen) atoms. The van der Waals surface area contributed by atoms with E-state index in [0.29, 0.717) is 0 Å². The van der Waals surface area contributed by atoms with Crippen LogP contribution in [0.25, 0.3) is 0 Å². The van der Waals surface area contributed by atoms with Crippen molar-refractivity contribution in [2.45, 2.75) is 46.1 Å². The van der Waals surface area contributed by atoms with E-state index < -0.39 is 0 Å². The van der Waals surface area contributed by atoms with Gasteiger partial charge in [0.15, 0.2) is 0 Å². The second-order valence-electron chi connectivity index (χ2n) is 5.19. The fraction of sp³-hybridized carbons (Fsp3) is 0.412. The van der Waals surface area contributed by atoms with Gasteiger partial charge in [-0.2, -0.15) is 0 Å². The molecule has 102 valence electrons. The maximum Gasteiger partial charge on any atom is 0.106 e. The summed E-state index contributed by atoms with van der Waals surface area (Å²) >= 11 is 0. The lowest BCUT2D eigenvalue weighted by molar-refractivity contribution is 0.499. The Morgan fingerprint density at radius 3 is 2.37 bits per heavy atom. The lowest BCUT2D eigenvalue weighted by atomic mass is 9.98. The minimum absolute atomic E-state index is 0.0994. The number of nitrogens with two attached hydrogens (primary N) is 1. The Balaban J connectivity index is 2.15. The minimum Gasteiger partial charge on any atom is -0.466 e. The van der Waals surface area contributed by atoms with Crippen molar-refractivity contribution in [3.05, 3.63) is 58.5 Å². The second-order valence-corrected chi connectivity index (χ2v) is 5.19. The van der Waals surface area contributed by atoms with Crippen LogP contribution in [-0.2, 0) is 6.42 Å². The summed E-state index contributed by atoms with van der Waals surface area (Å²) in [6.07, 6.45) is 3.62. The summed E-state index contributed by atoms with van der Waals surface area (Å²) in [5.41, 5.74) is 9.93. The molecule has 1 unspecified atom stereocenters. The highest BCUT2D eigenvalue weighted by atomic mass is 16.3. The van der Waals surface area contributed by atoms with Crippen LogP contribution in [0.1, 0.15) is 54.0 Å². The van der Waals surface area contributed by atoms with Crippen molar-refractivity contribution >= 4 is 0 Å². The predicted octanol–water partition coefficient (Wildman–Crippen LogP) is 4.29. The quantitative estimate of drug-likeness (QED) is 0.868. The Hall–Kier alpha value is -1.54. The van der Waals surface area contributed by atoms with Gasteiger partial charge in [0.1, 0.15) is 11.5 Å². The van der Waals surface area contributed by atoms with Gasteiger partial charge in [-0.1, -0.05) is 37.6 Å². The van der Waals surface area contributed by atoms with Crippen molar-refractivity contribution in [3.8, 4) is 0 Å². The third-order valence-electron chi connectivity index (χ3n) is 3.57. The molecule has 0 amide bonds. The van der Waals surface area contributed by atoms with Gasteiger partial charge in [0.05, 0.1) is 6.04 Å². The average Bonchev–Trinajstić information content (AvgIpc) is 2.75. The molecule has 0 aliphatic rings. The molecule has 0 spiro atoms. The summed E-state index contributed by atoms with van der Waals surface area (Å²) in [5.74, 6) is 1.84. The normalized spacial score (nSPS) is 12.6. The molecule has 2 N–H and O–H groups in total. The fourth-order valence-corrected chi connectivity index (χ4v) is 2.41. The van der Waals surface area contributed by atoms with Gasteiger partial charge in [0.25, 0.3) is 0 Å². The van der Waals surface area contributed by atoms with Crippen LogP contribution >= 0.6 is 0 Å². The Kier molecular flexibility index (Phi) is 4.43. The van der Waals surface area contributed by atoms with E-state index in [0.717, 1.165) is 29.1 Å². The van der Waals surface area contributed by atoms with Gasteiger partial charge in [0.2, 0.25) is 0 Å². The van der Waals surface area contributed by atoms with E-state index in [2.05, 4.69) is 31.2 Å². The molecule has 2 heteroatoms. The van der Waals surface area contributed by atoms with Crippen molar-refractivity contribution in [2.75, 3.05) is 0 Å². The summed E-state index contributed by atoms with van der Waals surface area (Å²) in [4.78, 5) is 0. The Bertz CT molecular complexity index is 525. The topological polar surface area (TPSA) is 39.2 Å². The zero-order valence-electron chi connectivity index (χ0n) is 12.1. The number of hydrogen-bond donors (Lipinski definition) is 1. The molecular weight excluding hydrogens is 234 g/mol. The van der Waals surface area contributed by atoms with Crippen LogP contribution in [-0.4, -0.2) is 0 Å². The van der Waals surface area contributed by atoms with E-state index in [1.165, 1.54) is 18.4 Å². The first-order valence-corrected chi connectivity index (χ1v) is 7.03. The van der Waals surface area contributed by atoms with Gasteiger partial charge >= 0.3 is 0 Å². The van der Waals surface area contributed by atoms with Gasteiger partial charge in [-0.3, -0.25) is 0 Å². The van der Waals surface area contributed by atoms with Crippen molar-refractivity contribution in [2.24, 2.45) is 5.73 Å². The molecule has 0 radical (unpaired) electrons. The van der Waals surface area contributed by atoms with Gasteiger partial charge in [-0.15, -0.1) is 0 Å². The highest BCUT2D eigenvalue weighted by Crippen LogP contribution is 2.25. The smallest absolute Gasteiger partial charge is 0.106 e. The summed E-state index contributed by atoms with van der Waals surface area (Å²) in [7, 11) is 0. The Morgan fingerprint density at radius 2 is 1.84 bits per heavy atom. The Labute approximate surface area is 115 Å². The van der Waals surface area contributed by atoms with Crippen molar-refractivity contribution in [1.82, 2.24) is 0 Å². The molecule has 2 nitrogen and oxygen atoms in total. The molecule has 0 fully saturated rings. The molecular formula is C17H23NO. The number of furan rings is 1. The Morgan fingerprint density at radius 1 is 1.16 bits per heavy atom. The average molecular weight is 257 g/mol. The number of rotatable bonds is 5. The SMILES string of the molecule is CCCCc1ccc(C(N)c2cc(C)oc2C)cc1. The van der Waals surface area contributed by atoms with E-state index in [4.69, 9.17) is 10.2 Å². The van der Waals surface area contributed by atoms with Crippen molar-refractivity contribution < 1.29 is 4.42 Å². The molecule has 2 rings (SSSR count). The summed E-state index contributed by atoms with van der Waals surface area (Å²) in [6.45, 7) is 6.14. The van der Waals surface area contributed by atoms with Crippen LogP contribution in [0.4, 0.5) is 0 Å². The van der Waals surface area contributed by atoms with E-state index in [-0.39, 0.29) is 6.04 Å². The van der Waals surface area contributed by atoms with Gasteiger partial charge in [0, 0.05) is 5.56 Å². The van der Waals surface area contributed by atoms with E-state index in [1.807, 2.05) is 19.9 Å². The first-order chi connectivity index (χ1) is 9.11. The lowest BCUT2D eigenvalue weighted by Crippen LogP contribution is -2.12. The third-order valence-corrected chi connectivity index (χ3v) is 3.57. The standard InChI is InChI=1S/C17H23NO/c1-4-5-6-14-7-9-15(10-8-14)17(18)16-11-12(2)19-13(16)3/h7-11,17H,4-6,18H2,1-3H3. The second kappa shape index (κ2) is 6.07. The van der Waals surface area contributed by atoms with E-state index >= 15 is 0 Å². The molecule has 1 aromatic carbocycles. The van der Waals surface area contributed by atoms with Crippen LogP contribution in [0.2, 0.25) is 0 Å². The summed E-state index contributed by atoms with van der Waals surface area (Å²) in [5, 5.41) is 0. The molecule has 2 aromatic rings. The van der Waals surface area contributed by atoms with Crippen molar-refractivity contribution in [3.63, 3.8) is 0 Å². The summed E-state index contributed by atoms with van der Waals surface area (Å²) in [6, 6.07) is 10.6. The molecule has 0 aliphatic heterocycles. The maximum absolute atomic E-state index is 6.32. The van der Waals surface area contributed by atoms with Crippen molar-refractivity contribution in [1.29, 1.82) is 0 Å². The van der Waals surface area contributed by atoms with Gasteiger partial charge in [-0.05, 0) is 43.9 Å². The first kappa shape index (κ1) is 13.9. The molecule has 0 bridgehead atoms. The summed E-state index contributed by atoms with van der Waals surface area (Å²) < 4.78 is 5.55. The highest BCUT2D eigenvalue weighted by molar-refractivity contribution is 5.35. The largest absolute Gasteiger partial charge is 0.466 e. The fourth-order valence-electron chi connectivity index (χ4n) is 2.41. The number of hydrogen-bond acceptors (Lipinski definition) is 2. The predicted molar refractivity (Wildman–Crippen MR) is 79.3 cm³/mol. The van der Waals surface area contributed by atoms with Crippen LogP contribution in [0.15, 0.2) is 34.7 Å². The van der Waals surface area contributed by atoms with Crippen LogP contribution in [0.5, 0.6) is 0 Å². The van der Waals surface area contributed by atoms with Gasteiger partial charge < -0.3 is 10.2 Å². The lowest BCUT2D eigenvalue weighted by Gasteiger charge is -2.12. The molecule has 1 aromatic heterocycles. The zero-order chi connectivity index (χ0) is 13.8. The monoisotopic (exact) mass is 257 g/mol. The highest BCUT2D eigenvalue weighted by Gasteiger charge is 2.14. The zero-order valence-corrected chi connectivity index (χ0v) is 12.1. The molecule has 1 heterocycles. The van der Waals surface area contributed by atoms with Gasteiger partial charge in [-0.25, -0.2) is 0 Å². The molecule has 0 saturated heterocycles. The maximum atomic E-state index is 6.32. The number of benzene rings is 1. The third kappa shape index (κ3) is 3.27. The van der Waals surface area contributed by atoms with Crippen LogP contribution in [0.3, 0.4) is 0 Å². The van der Waals surface area contributed by atoms with Crippen LogP contribution < -0.4 is 5.73 Å². The number of aryl methyl sites for hydroxylation is 3. The minimum atomic E-state index is -0.0994.